The quantitative estimate of drug-likeness (QED) is 0.629. The van der Waals surface area contributed by atoms with E-state index in [-0.39, 0.29) is 28.0 Å². The molecule has 1 rings (SSSR count). The van der Waals surface area contributed by atoms with Gasteiger partial charge in [-0.3, -0.25) is 9.78 Å². The molecule has 1 heterocycles. The Bertz CT molecular complexity index is 429. The summed E-state index contributed by atoms with van der Waals surface area (Å²) >= 11 is 8.57. The number of hydrogen-bond donors (Lipinski definition) is 0. The van der Waals surface area contributed by atoms with E-state index in [0.29, 0.717) is 5.56 Å². The van der Waals surface area contributed by atoms with Crippen LogP contribution in [0, 0.1) is 0 Å². The first-order valence-electron chi connectivity index (χ1n) is 4.58. The highest BCUT2D eigenvalue weighted by Crippen LogP contribution is 2.33. The average molecular weight is 329 g/mol. The lowest BCUT2D eigenvalue weighted by atomic mass is 10.1. The zero-order valence-corrected chi connectivity index (χ0v) is 11.2. The van der Waals surface area contributed by atoms with Crippen molar-refractivity contribution in [1.82, 2.24) is 4.98 Å². The number of rotatable bonds is 4. The van der Waals surface area contributed by atoms with Crippen molar-refractivity contribution in [2.45, 2.75) is 18.7 Å². The number of carbonyl (C=O) groups is 1. The van der Waals surface area contributed by atoms with E-state index in [1.54, 1.807) is 0 Å². The van der Waals surface area contributed by atoms with Crippen LogP contribution in [0.1, 0.15) is 23.2 Å². The van der Waals surface area contributed by atoms with Crippen LogP contribution in [0.3, 0.4) is 0 Å². The molecule has 0 aliphatic rings. The van der Waals surface area contributed by atoms with Crippen LogP contribution in [0.4, 0.5) is 8.78 Å². The minimum atomic E-state index is -2.71. The second-order valence-corrected chi connectivity index (χ2v) is 4.21. The molecule has 0 unspecified atom stereocenters. The van der Waals surface area contributed by atoms with Crippen LogP contribution in [0.25, 0.3) is 0 Å². The normalized spacial score (nSPS) is 10.7. The number of aromatic nitrogens is 1. The van der Waals surface area contributed by atoms with Crippen molar-refractivity contribution in [2.24, 2.45) is 0 Å². The van der Waals surface area contributed by atoms with Gasteiger partial charge in [0.2, 0.25) is 0 Å². The number of alkyl halides is 3. The van der Waals surface area contributed by atoms with Gasteiger partial charge in [0.05, 0.1) is 30.7 Å². The zero-order valence-electron chi connectivity index (χ0n) is 8.84. The highest BCUT2D eigenvalue weighted by molar-refractivity contribution is 9.10. The van der Waals surface area contributed by atoms with E-state index in [1.165, 1.54) is 13.3 Å². The monoisotopic (exact) mass is 327 g/mol. The molecule has 0 N–H and O–H groups in total. The molecule has 3 nitrogen and oxygen atoms in total. The van der Waals surface area contributed by atoms with Gasteiger partial charge in [0.1, 0.15) is 0 Å². The molecule has 7 heteroatoms. The van der Waals surface area contributed by atoms with Crippen LogP contribution in [0.5, 0.6) is 0 Å². The standard InChI is InChI=1S/C10H9BrClF2NO2/c1-17-7(16)2-5-4-15-6(3-12)8(9(5)11)10(13)14/h4,10H,2-3H2,1H3. The van der Waals surface area contributed by atoms with Gasteiger partial charge in [0, 0.05) is 10.7 Å². The number of nitrogens with zero attached hydrogens (tertiary/aromatic N) is 1. The Hall–Kier alpha value is -0.750. The van der Waals surface area contributed by atoms with Gasteiger partial charge in [0.25, 0.3) is 6.43 Å². The van der Waals surface area contributed by atoms with Crippen molar-refractivity contribution in [2.75, 3.05) is 7.11 Å². The molecule has 0 radical (unpaired) electrons. The van der Waals surface area contributed by atoms with Gasteiger partial charge in [-0.1, -0.05) is 0 Å². The van der Waals surface area contributed by atoms with E-state index in [1.807, 2.05) is 0 Å². The molecule has 0 spiro atoms. The zero-order chi connectivity index (χ0) is 13.0. The summed E-state index contributed by atoms with van der Waals surface area (Å²) in [7, 11) is 1.23. The molecular formula is C10H9BrClF2NO2. The Morgan fingerprint density at radius 1 is 1.65 bits per heavy atom. The average Bonchev–Trinajstić information content (AvgIpc) is 2.30. The van der Waals surface area contributed by atoms with Crippen molar-refractivity contribution in [3.63, 3.8) is 0 Å². The van der Waals surface area contributed by atoms with E-state index in [9.17, 15) is 13.6 Å². The number of methoxy groups -OCH3 is 1. The van der Waals surface area contributed by atoms with E-state index in [2.05, 4.69) is 25.7 Å². The fourth-order valence-electron chi connectivity index (χ4n) is 1.26. The summed E-state index contributed by atoms with van der Waals surface area (Å²) in [5.41, 5.74) is 0.171. The van der Waals surface area contributed by atoms with Crippen LogP contribution in [0.2, 0.25) is 0 Å². The van der Waals surface area contributed by atoms with Crippen molar-refractivity contribution >= 4 is 33.5 Å². The molecule has 1 aromatic heterocycles. The van der Waals surface area contributed by atoms with Gasteiger partial charge >= 0.3 is 5.97 Å². The van der Waals surface area contributed by atoms with E-state index < -0.39 is 12.4 Å². The predicted molar refractivity (Wildman–Crippen MR) is 62.2 cm³/mol. The molecule has 94 valence electrons. The molecule has 0 atom stereocenters. The Balaban J connectivity index is 3.18. The Morgan fingerprint density at radius 2 is 2.29 bits per heavy atom. The lowest BCUT2D eigenvalue weighted by molar-refractivity contribution is -0.139. The van der Waals surface area contributed by atoms with Crippen LogP contribution in [-0.2, 0) is 21.8 Å². The molecule has 0 saturated heterocycles. The van der Waals surface area contributed by atoms with Crippen molar-refractivity contribution in [3.05, 3.63) is 27.5 Å². The van der Waals surface area contributed by atoms with Gasteiger partial charge in [-0.2, -0.15) is 0 Å². The van der Waals surface area contributed by atoms with Crippen molar-refractivity contribution in [1.29, 1.82) is 0 Å². The second-order valence-electron chi connectivity index (χ2n) is 3.15. The van der Waals surface area contributed by atoms with E-state index in [0.717, 1.165) is 0 Å². The number of carbonyl (C=O) groups excluding carboxylic acids is 1. The topological polar surface area (TPSA) is 39.2 Å². The number of pyridine rings is 1. The minimum Gasteiger partial charge on any atom is -0.469 e. The summed E-state index contributed by atoms with van der Waals surface area (Å²) < 4.78 is 30.3. The highest BCUT2D eigenvalue weighted by Gasteiger charge is 2.21. The van der Waals surface area contributed by atoms with Gasteiger partial charge in [0.15, 0.2) is 0 Å². The molecular weight excluding hydrogens is 319 g/mol. The summed E-state index contributed by atoms with van der Waals surface area (Å²) in [6.07, 6.45) is -1.49. The Morgan fingerprint density at radius 3 is 2.76 bits per heavy atom. The van der Waals surface area contributed by atoms with Crippen molar-refractivity contribution in [3.8, 4) is 0 Å². The first kappa shape index (κ1) is 14.3. The molecule has 0 aliphatic carbocycles. The van der Waals surface area contributed by atoms with Gasteiger partial charge in [-0.05, 0) is 21.5 Å². The number of esters is 1. The summed E-state index contributed by atoms with van der Waals surface area (Å²) in [5.74, 6) is -0.636. The third-order valence-corrected chi connectivity index (χ3v) is 3.30. The van der Waals surface area contributed by atoms with Crippen LogP contribution in [0.15, 0.2) is 10.7 Å². The van der Waals surface area contributed by atoms with Crippen LogP contribution >= 0.6 is 27.5 Å². The second kappa shape index (κ2) is 6.26. The van der Waals surface area contributed by atoms with Crippen LogP contribution < -0.4 is 0 Å². The largest absolute Gasteiger partial charge is 0.469 e. The molecule has 0 amide bonds. The summed E-state index contributed by atoms with van der Waals surface area (Å²) in [6.45, 7) is 0. The van der Waals surface area contributed by atoms with Crippen LogP contribution in [-0.4, -0.2) is 18.1 Å². The fourth-order valence-corrected chi connectivity index (χ4v) is 2.12. The molecule has 0 bridgehead atoms. The molecule has 17 heavy (non-hydrogen) atoms. The molecule has 0 saturated carbocycles. The molecule has 0 fully saturated rings. The lowest BCUT2D eigenvalue weighted by Crippen LogP contribution is -2.08. The van der Waals surface area contributed by atoms with E-state index >= 15 is 0 Å². The molecule has 0 aliphatic heterocycles. The summed E-state index contributed by atoms with van der Waals surface area (Å²) in [6, 6.07) is 0. The lowest BCUT2D eigenvalue weighted by Gasteiger charge is -2.11. The molecule has 0 aromatic carbocycles. The van der Waals surface area contributed by atoms with E-state index in [4.69, 9.17) is 11.6 Å². The Kier molecular flexibility index (Phi) is 5.27. The van der Waals surface area contributed by atoms with Gasteiger partial charge < -0.3 is 4.74 Å². The van der Waals surface area contributed by atoms with Crippen molar-refractivity contribution < 1.29 is 18.3 Å². The number of ether oxygens (including phenoxy) is 1. The first-order valence-corrected chi connectivity index (χ1v) is 5.91. The van der Waals surface area contributed by atoms with Gasteiger partial charge in [-0.15, -0.1) is 11.6 Å². The maximum Gasteiger partial charge on any atom is 0.310 e. The third-order valence-electron chi connectivity index (χ3n) is 2.11. The first-order chi connectivity index (χ1) is 8.01. The summed E-state index contributed by atoms with van der Waals surface area (Å²) in [4.78, 5) is 14.9. The predicted octanol–water partition coefficient (Wildman–Crippen LogP) is 3.24. The Labute approximate surface area is 110 Å². The molecule has 1 aromatic rings. The smallest absolute Gasteiger partial charge is 0.310 e. The van der Waals surface area contributed by atoms with Gasteiger partial charge in [-0.25, -0.2) is 8.78 Å². The number of halogens is 4. The maximum absolute atomic E-state index is 12.8. The summed E-state index contributed by atoms with van der Waals surface area (Å²) in [5, 5.41) is 0. The number of hydrogen-bond acceptors (Lipinski definition) is 3. The fraction of sp³-hybridized carbons (Fsp3) is 0.400. The maximum atomic E-state index is 12.8. The SMILES string of the molecule is COC(=O)Cc1cnc(CCl)c(C(F)F)c1Br. The highest BCUT2D eigenvalue weighted by atomic mass is 79.9. The minimum absolute atomic E-state index is 0.0992. The third kappa shape index (κ3) is 3.35.